The second-order valence-electron chi connectivity index (χ2n) is 4.40. The van der Waals surface area contributed by atoms with Crippen molar-refractivity contribution < 1.29 is 14.3 Å². The quantitative estimate of drug-likeness (QED) is 0.934. The highest BCUT2D eigenvalue weighted by atomic mass is 32.1. The van der Waals surface area contributed by atoms with Gasteiger partial charge in [0.25, 0.3) is 0 Å². The van der Waals surface area contributed by atoms with Crippen molar-refractivity contribution in [3.8, 4) is 0 Å². The van der Waals surface area contributed by atoms with E-state index in [1.807, 2.05) is 13.8 Å². The number of aryl methyl sites for hydroxylation is 2. The molecule has 0 saturated carbocycles. The number of carboxylic acid groups (broad SMARTS) is 1. The molecule has 0 amide bonds. The number of carboxylic acids is 1. The summed E-state index contributed by atoms with van der Waals surface area (Å²) < 4.78 is 13.2. The minimum Gasteiger partial charge on any atom is -0.481 e. The van der Waals surface area contributed by atoms with Crippen LogP contribution in [-0.4, -0.2) is 16.1 Å². The minimum atomic E-state index is -0.962. The van der Waals surface area contributed by atoms with E-state index in [0.29, 0.717) is 5.56 Å². The SMILES string of the molecule is Cc1nc(CC(C(=O)O)c2cccc(F)c2)sc1C. The van der Waals surface area contributed by atoms with Gasteiger partial charge in [0.2, 0.25) is 0 Å². The normalized spacial score (nSPS) is 12.4. The third-order valence-corrected chi connectivity index (χ3v) is 4.10. The summed E-state index contributed by atoms with van der Waals surface area (Å²) in [6.45, 7) is 3.85. The summed E-state index contributed by atoms with van der Waals surface area (Å²) in [7, 11) is 0. The lowest BCUT2D eigenvalue weighted by molar-refractivity contribution is -0.138. The fourth-order valence-corrected chi connectivity index (χ4v) is 2.85. The predicted molar refractivity (Wildman–Crippen MR) is 72.1 cm³/mol. The molecule has 2 rings (SSSR count). The maximum absolute atomic E-state index is 13.2. The summed E-state index contributed by atoms with van der Waals surface area (Å²) >= 11 is 1.49. The van der Waals surface area contributed by atoms with Gasteiger partial charge in [0.05, 0.1) is 16.6 Å². The first-order valence-electron chi connectivity index (χ1n) is 5.88. The van der Waals surface area contributed by atoms with Crippen LogP contribution in [0.5, 0.6) is 0 Å². The standard InChI is InChI=1S/C14H14FNO2S/c1-8-9(2)19-13(16-8)7-12(14(17)18)10-4-3-5-11(15)6-10/h3-6,12H,7H2,1-2H3,(H,17,18). The molecule has 5 heteroatoms. The highest BCUT2D eigenvalue weighted by molar-refractivity contribution is 7.11. The van der Waals surface area contributed by atoms with Crippen molar-refractivity contribution in [3.05, 3.63) is 51.2 Å². The van der Waals surface area contributed by atoms with E-state index in [9.17, 15) is 14.3 Å². The van der Waals surface area contributed by atoms with E-state index in [-0.39, 0.29) is 6.42 Å². The van der Waals surface area contributed by atoms with Gasteiger partial charge in [-0.15, -0.1) is 11.3 Å². The first kappa shape index (κ1) is 13.7. The number of aliphatic carboxylic acids is 1. The van der Waals surface area contributed by atoms with Crippen LogP contribution in [0.25, 0.3) is 0 Å². The van der Waals surface area contributed by atoms with Gasteiger partial charge >= 0.3 is 5.97 Å². The summed E-state index contributed by atoms with van der Waals surface area (Å²) in [6.07, 6.45) is 0.290. The van der Waals surface area contributed by atoms with Gasteiger partial charge in [-0.05, 0) is 31.5 Å². The van der Waals surface area contributed by atoms with E-state index in [0.717, 1.165) is 15.6 Å². The number of benzene rings is 1. The lowest BCUT2D eigenvalue weighted by atomic mass is 9.96. The van der Waals surface area contributed by atoms with Crippen LogP contribution < -0.4 is 0 Å². The van der Waals surface area contributed by atoms with Crippen LogP contribution in [0.1, 0.15) is 27.1 Å². The molecule has 1 heterocycles. The van der Waals surface area contributed by atoms with Gasteiger partial charge in [-0.25, -0.2) is 9.37 Å². The number of nitrogens with zero attached hydrogens (tertiary/aromatic N) is 1. The molecule has 1 unspecified atom stereocenters. The van der Waals surface area contributed by atoms with Crippen LogP contribution in [0, 0.1) is 19.7 Å². The van der Waals surface area contributed by atoms with E-state index in [1.54, 1.807) is 6.07 Å². The van der Waals surface area contributed by atoms with Crippen molar-refractivity contribution in [2.75, 3.05) is 0 Å². The lowest BCUT2D eigenvalue weighted by Crippen LogP contribution is -2.14. The molecule has 1 aromatic heterocycles. The van der Waals surface area contributed by atoms with Crippen LogP contribution in [0.15, 0.2) is 24.3 Å². The molecule has 3 nitrogen and oxygen atoms in total. The van der Waals surface area contributed by atoms with Crippen molar-refractivity contribution in [2.24, 2.45) is 0 Å². The Hall–Kier alpha value is -1.75. The minimum absolute atomic E-state index is 0.290. The largest absolute Gasteiger partial charge is 0.481 e. The second-order valence-corrected chi connectivity index (χ2v) is 5.69. The van der Waals surface area contributed by atoms with Gasteiger partial charge in [-0.2, -0.15) is 0 Å². The Balaban J connectivity index is 2.29. The van der Waals surface area contributed by atoms with Crippen molar-refractivity contribution in [1.29, 1.82) is 0 Å². The Morgan fingerprint density at radius 2 is 2.21 bits per heavy atom. The number of hydrogen-bond acceptors (Lipinski definition) is 3. The topological polar surface area (TPSA) is 50.2 Å². The number of halogens is 1. The molecule has 0 bridgehead atoms. The maximum Gasteiger partial charge on any atom is 0.311 e. The molecule has 1 atom stereocenters. The predicted octanol–water partition coefficient (Wildman–Crippen LogP) is 3.31. The van der Waals surface area contributed by atoms with Crippen molar-refractivity contribution in [2.45, 2.75) is 26.2 Å². The first-order chi connectivity index (χ1) is 8.97. The third-order valence-electron chi connectivity index (χ3n) is 3.00. The first-order valence-corrected chi connectivity index (χ1v) is 6.70. The smallest absolute Gasteiger partial charge is 0.311 e. The Labute approximate surface area is 114 Å². The zero-order valence-electron chi connectivity index (χ0n) is 10.7. The Kier molecular flexibility index (Phi) is 3.95. The summed E-state index contributed by atoms with van der Waals surface area (Å²) in [6, 6.07) is 5.74. The van der Waals surface area contributed by atoms with Crippen LogP contribution in [0.4, 0.5) is 4.39 Å². The van der Waals surface area contributed by atoms with E-state index in [2.05, 4.69) is 4.98 Å². The monoisotopic (exact) mass is 279 g/mol. The summed E-state index contributed by atoms with van der Waals surface area (Å²) in [4.78, 5) is 16.8. The number of rotatable bonds is 4. The molecule has 100 valence electrons. The second kappa shape index (κ2) is 5.48. The van der Waals surface area contributed by atoms with Crippen LogP contribution in [0.2, 0.25) is 0 Å². The maximum atomic E-state index is 13.2. The van der Waals surface area contributed by atoms with Crippen LogP contribution in [-0.2, 0) is 11.2 Å². The Morgan fingerprint density at radius 3 is 2.74 bits per heavy atom. The molecule has 0 aliphatic rings. The molecule has 0 aliphatic heterocycles. The highest BCUT2D eigenvalue weighted by Crippen LogP contribution is 2.25. The molecular weight excluding hydrogens is 265 g/mol. The summed E-state index contributed by atoms with van der Waals surface area (Å²) in [5.74, 6) is -2.15. The van der Waals surface area contributed by atoms with Gasteiger partial charge in [-0.3, -0.25) is 4.79 Å². The Morgan fingerprint density at radius 1 is 1.47 bits per heavy atom. The van der Waals surface area contributed by atoms with Crippen molar-refractivity contribution >= 4 is 17.3 Å². The molecule has 1 aromatic carbocycles. The van der Waals surface area contributed by atoms with Gasteiger partial charge in [0.15, 0.2) is 0 Å². The van der Waals surface area contributed by atoms with Gasteiger partial charge in [0, 0.05) is 11.3 Å². The third kappa shape index (κ3) is 3.17. The lowest BCUT2D eigenvalue weighted by Gasteiger charge is -2.11. The van der Waals surface area contributed by atoms with E-state index >= 15 is 0 Å². The molecule has 0 fully saturated rings. The molecule has 0 aliphatic carbocycles. The molecule has 0 saturated heterocycles. The van der Waals surface area contributed by atoms with Gasteiger partial charge in [0.1, 0.15) is 5.82 Å². The molecule has 0 spiro atoms. The summed E-state index contributed by atoms with van der Waals surface area (Å²) in [5, 5.41) is 10.1. The zero-order valence-corrected chi connectivity index (χ0v) is 11.5. The zero-order chi connectivity index (χ0) is 14.0. The van der Waals surface area contributed by atoms with Crippen molar-refractivity contribution in [3.63, 3.8) is 0 Å². The van der Waals surface area contributed by atoms with E-state index < -0.39 is 17.7 Å². The summed E-state index contributed by atoms with van der Waals surface area (Å²) in [5.41, 5.74) is 1.39. The van der Waals surface area contributed by atoms with Gasteiger partial charge in [-0.1, -0.05) is 12.1 Å². The van der Waals surface area contributed by atoms with Crippen molar-refractivity contribution in [1.82, 2.24) is 4.98 Å². The molecular formula is C14H14FNO2S. The van der Waals surface area contributed by atoms with Crippen LogP contribution in [0.3, 0.4) is 0 Å². The molecule has 0 radical (unpaired) electrons. The number of thiazole rings is 1. The Bertz CT molecular complexity index is 590. The number of carbonyl (C=O) groups is 1. The van der Waals surface area contributed by atoms with Gasteiger partial charge < -0.3 is 5.11 Å². The highest BCUT2D eigenvalue weighted by Gasteiger charge is 2.22. The fraction of sp³-hybridized carbons (Fsp3) is 0.286. The average Bonchev–Trinajstić information content (AvgIpc) is 2.65. The fourth-order valence-electron chi connectivity index (χ4n) is 1.87. The van der Waals surface area contributed by atoms with E-state index in [4.69, 9.17) is 0 Å². The number of aromatic nitrogens is 1. The molecule has 19 heavy (non-hydrogen) atoms. The average molecular weight is 279 g/mol. The van der Waals surface area contributed by atoms with E-state index in [1.165, 1.54) is 29.5 Å². The molecule has 2 aromatic rings. The molecule has 1 N–H and O–H groups in total. The number of hydrogen-bond donors (Lipinski definition) is 1. The van der Waals surface area contributed by atoms with Crippen LogP contribution >= 0.6 is 11.3 Å².